The molecule has 2 heterocycles. The van der Waals surface area contributed by atoms with E-state index in [1.807, 2.05) is 73.7 Å². The number of hydrogen-bond acceptors (Lipinski definition) is 4. The lowest BCUT2D eigenvalue weighted by Crippen LogP contribution is -2.29. The van der Waals surface area contributed by atoms with Crippen molar-refractivity contribution in [2.45, 2.75) is 19.4 Å². The molecule has 6 heteroatoms. The third kappa shape index (κ3) is 3.39. The highest BCUT2D eigenvalue weighted by Gasteiger charge is 2.43. The summed E-state index contributed by atoms with van der Waals surface area (Å²) in [5.74, 6) is -1.09. The number of carbonyl (C=O) groups is 2. The van der Waals surface area contributed by atoms with Gasteiger partial charge in [-0.25, -0.2) is 4.79 Å². The van der Waals surface area contributed by atoms with Gasteiger partial charge in [-0.3, -0.25) is 4.79 Å². The van der Waals surface area contributed by atoms with Crippen LogP contribution in [0.15, 0.2) is 95.8 Å². The fourth-order valence-electron chi connectivity index (χ4n) is 5.49. The maximum atomic E-state index is 13.8. The van der Waals surface area contributed by atoms with Crippen molar-refractivity contribution in [3.63, 3.8) is 0 Å². The second-order valence-corrected chi connectivity index (χ2v) is 9.55. The number of nitrogens with one attached hydrogen (secondary N) is 1. The van der Waals surface area contributed by atoms with Crippen molar-refractivity contribution in [1.29, 1.82) is 0 Å². The van der Waals surface area contributed by atoms with Crippen molar-refractivity contribution in [3.05, 3.63) is 123 Å². The molecule has 3 aromatic carbocycles. The monoisotopic (exact) mass is 494 g/mol. The molecular weight excluding hydrogens is 472 g/mol. The van der Waals surface area contributed by atoms with Gasteiger partial charge >= 0.3 is 5.97 Å². The summed E-state index contributed by atoms with van der Waals surface area (Å²) in [6.07, 6.45) is 2.05. The lowest BCUT2D eigenvalue weighted by Gasteiger charge is -2.28. The van der Waals surface area contributed by atoms with Gasteiger partial charge in [0.15, 0.2) is 5.78 Å². The highest BCUT2D eigenvalue weighted by atomic mass is 35.5. The fraction of sp³-hybridized carbons (Fsp3) is 0.133. The number of ether oxygens (including phenoxy) is 1. The van der Waals surface area contributed by atoms with E-state index in [0.717, 1.165) is 33.3 Å². The largest absolute Gasteiger partial charge is 0.466 e. The van der Waals surface area contributed by atoms with Crippen LogP contribution < -0.4 is 5.32 Å². The Labute approximate surface area is 213 Å². The topological polar surface area (TPSA) is 60.3 Å². The van der Waals surface area contributed by atoms with E-state index >= 15 is 0 Å². The number of para-hydroxylation sites is 1. The van der Waals surface area contributed by atoms with Gasteiger partial charge in [-0.1, -0.05) is 66.2 Å². The van der Waals surface area contributed by atoms with Crippen LogP contribution in [0, 0.1) is 0 Å². The first kappa shape index (κ1) is 22.4. The summed E-state index contributed by atoms with van der Waals surface area (Å²) < 4.78 is 7.36. The molecule has 4 aromatic rings. The van der Waals surface area contributed by atoms with Crippen molar-refractivity contribution in [1.82, 2.24) is 9.88 Å². The van der Waals surface area contributed by atoms with E-state index < -0.39 is 11.9 Å². The zero-order valence-electron chi connectivity index (χ0n) is 19.8. The van der Waals surface area contributed by atoms with Gasteiger partial charge in [-0.15, -0.1) is 0 Å². The molecule has 2 aliphatic rings. The maximum Gasteiger partial charge on any atom is 0.336 e. The fourth-order valence-corrected chi connectivity index (χ4v) is 5.70. The number of ketones is 1. The van der Waals surface area contributed by atoms with E-state index in [4.69, 9.17) is 16.3 Å². The lowest BCUT2D eigenvalue weighted by atomic mass is 9.79. The zero-order valence-corrected chi connectivity index (χ0v) is 20.6. The predicted molar refractivity (Wildman–Crippen MR) is 141 cm³/mol. The van der Waals surface area contributed by atoms with Crippen LogP contribution in [0.1, 0.15) is 39.9 Å². The lowest BCUT2D eigenvalue weighted by molar-refractivity contribution is -0.136. The van der Waals surface area contributed by atoms with E-state index in [1.54, 1.807) is 0 Å². The van der Waals surface area contributed by atoms with Crippen molar-refractivity contribution in [3.8, 4) is 0 Å². The molecule has 0 unspecified atom stereocenters. The summed E-state index contributed by atoms with van der Waals surface area (Å²) in [5, 5.41) is 5.01. The summed E-state index contributed by atoms with van der Waals surface area (Å²) in [5.41, 5.74) is 6.93. The number of carbonyl (C=O) groups excluding carboxylic acids is 2. The molecule has 0 saturated carbocycles. The molecule has 0 amide bonds. The van der Waals surface area contributed by atoms with Crippen LogP contribution in [0.2, 0.25) is 5.02 Å². The number of dihydropyridines is 1. The van der Waals surface area contributed by atoms with Crippen LogP contribution in [-0.2, 0) is 16.1 Å². The van der Waals surface area contributed by atoms with Crippen LogP contribution in [0.25, 0.3) is 16.6 Å². The maximum absolute atomic E-state index is 13.8. The molecule has 1 N–H and O–H groups in total. The Morgan fingerprint density at radius 2 is 1.78 bits per heavy atom. The molecule has 1 atom stereocenters. The Kier molecular flexibility index (Phi) is 5.31. The number of halogens is 1. The summed E-state index contributed by atoms with van der Waals surface area (Å²) in [6.45, 7) is 2.46. The van der Waals surface area contributed by atoms with Crippen molar-refractivity contribution >= 4 is 40.0 Å². The molecule has 0 saturated heterocycles. The van der Waals surface area contributed by atoms with Crippen LogP contribution in [0.3, 0.4) is 0 Å². The van der Waals surface area contributed by atoms with Gasteiger partial charge in [0.05, 0.1) is 24.3 Å². The van der Waals surface area contributed by atoms with E-state index in [9.17, 15) is 9.59 Å². The minimum absolute atomic E-state index is 0.0707. The quantitative estimate of drug-likeness (QED) is 0.349. The van der Waals surface area contributed by atoms with Gasteiger partial charge in [0.1, 0.15) is 0 Å². The Morgan fingerprint density at radius 1 is 1.03 bits per heavy atom. The van der Waals surface area contributed by atoms with E-state index in [0.29, 0.717) is 34.0 Å². The summed E-state index contributed by atoms with van der Waals surface area (Å²) >= 11 is 6.25. The van der Waals surface area contributed by atoms with Gasteiger partial charge in [-0.2, -0.15) is 0 Å². The first-order chi connectivity index (χ1) is 17.5. The zero-order chi connectivity index (χ0) is 25.0. The molecule has 0 spiro atoms. The van der Waals surface area contributed by atoms with Crippen molar-refractivity contribution in [2.75, 3.05) is 7.11 Å². The first-order valence-electron chi connectivity index (χ1n) is 11.7. The van der Waals surface area contributed by atoms with Gasteiger partial charge in [-0.05, 0) is 36.2 Å². The third-order valence-electron chi connectivity index (χ3n) is 7.03. The molecule has 0 fully saturated rings. The van der Waals surface area contributed by atoms with Gasteiger partial charge in [0.2, 0.25) is 0 Å². The number of aromatic nitrogens is 1. The molecule has 1 aliphatic carbocycles. The number of Topliss-reactive ketones (excluding diaryl/α,β-unsaturated/α-hetero) is 1. The van der Waals surface area contributed by atoms with E-state index in [1.165, 1.54) is 7.11 Å². The number of nitrogens with zero attached hydrogens (tertiary/aromatic N) is 1. The Hall–Kier alpha value is -4.09. The number of methoxy groups -OCH3 is 1. The minimum atomic E-state index is -0.570. The summed E-state index contributed by atoms with van der Waals surface area (Å²) in [6, 6.07) is 23.4. The van der Waals surface area contributed by atoms with Crippen LogP contribution >= 0.6 is 11.6 Å². The molecule has 1 aromatic heterocycles. The molecule has 5 nitrogen and oxygen atoms in total. The predicted octanol–water partition coefficient (Wildman–Crippen LogP) is 6.08. The Morgan fingerprint density at radius 3 is 2.56 bits per heavy atom. The molecule has 36 heavy (non-hydrogen) atoms. The van der Waals surface area contributed by atoms with Crippen molar-refractivity contribution < 1.29 is 14.3 Å². The number of esters is 1. The highest BCUT2D eigenvalue weighted by Crippen LogP contribution is 2.48. The van der Waals surface area contributed by atoms with Crippen LogP contribution in [-0.4, -0.2) is 23.4 Å². The second-order valence-electron chi connectivity index (χ2n) is 9.11. The number of fused-ring (bicyclic) bond motifs is 3. The molecular formula is C30H23ClN2O3. The number of hydrogen-bond donors (Lipinski definition) is 1. The Balaban J connectivity index is 1.58. The van der Waals surface area contributed by atoms with Crippen molar-refractivity contribution in [2.24, 2.45) is 0 Å². The molecule has 0 bridgehead atoms. The molecule has 178 valence electrons. The highest BCUT2D eigenvalue weighted by molar-refractivity contribution is 6.30. The number of rotatable bonds is 4. The second kappa shape index (κ2) is 8.54. The summed E-state index contributed by atoms with van der Waals surface area (Å²) in [7, 11) is 1.37. The van der Waals surface area contributed by atoms with Gasteiger partial charge in [0, 0.05) is 51.1 Å². The average Bonchev–Trinajstić information content (AvgIpc) is 3.38. The molecule has 6 rings (SSSR count). The molecule has 1 aliphatic heterocycles. The number of benzene rings is 3. The van der Waals surface area contributed by atoms with E-state index in [-0.39, 0.29) is 5.78 Å². The average molecular weight is 495 g/mol. The van der Waals surface area contributed by atoms with Crippen LogP contribution in [0.5, 0.6) is 0 Å². The smallest absolute Gasteiger partial charge is 0.336 e. The normalized spacial score (nSPS) is 16.8. The first-order valence-corrected chi connectivity index (χ1v) is 12.1. The summed E-state index contributed by atoms with van der Waals surface area (Å²) in [4.78, 5) is 26.9. The van der Waals surface area contributed by atoms with Crippen LogP contribution in [0.4, 0.5) is 0 Å². The SMILES string of the molecule is COC(=O)C1=C(C)NC2=C(C(=O)c3ccccc32)[C@@H]1c1cn(Cc2cccc(Cl)c2)c2ccccc12. The van der Waals surface area contributed by atoms with Gasteiger partial charge in [0.25, 0.3) is 0 Å². The molecule has 0 radical (unpaired) electrons. The minimum Gasteiger partial charge on any atom is -0.466 e. The van der Waals surface area contributed by atoms with Gasteiger partial charge < -0.3 is 14.6 Å². The number of allylic oxidation sites excluding steroid dienone is 2. The Bertz CT molecular complexity index is 1640. The third-order valence-corrected chi connectivity index (χ3v) is 7.26. The van der Waals surface area contributed by atoms with E-state index in [2.05, 4.69) is 22.1 Å². The standard InChI is InChI=1S/C30H23ClN2O3/c1-17-25(30(35)36-2)26(27-28(32-17)21-11-3-4-12-22(21)29(27)34)23-16-33(24-13-6-5-10-20(23)24)15-18-8-7-9-19(31)14-18/h3-14,16,26,32H,15H2,1-2H3/t26-/m1/s1.